The van der Waals surface area contributed by atoms with Gasteiger partial charge in [-0.05, 0) is 45.0 Å². The largest absolute Gasteiger partial charge is 0.372 e. The van der Waals surface area contributed by atoms with Crippen LogP contribution < -0.4 is 10.4 Å². The number of hydrogen-bond acceptors (Lipinski definition) is 3. The van der Waals surface area contributed by atoms with Crippen LogP contribution in [-0.2, 0) is 4.84 Å². The standard InChI is InChI=1S/C13H20N2O2/c1-4-15(5-2)12-9-7-11(8-10-12)13(16)14-17-6-3/h7-10H,4-6H2,1-3H3,(H,14,16). The number of hydrogen-bond donors (Lipinski definition) is 1. The van der Waals surface area contributed by atoms with Crippen LogP contribution in [0.4, 0.5) is 5.69 Å². The highest BCUT2D eigenvalue weighted by atomic mass is 16.6. The molecule has 1 amide bonds. The molecule has 0 heterocycles. The Bertz CT molecular complexity index is 345. The second-order valence-corrected chi connectivity index (χ2v) is 3.58. The van der Waals surface area contributed by atoms with Crippen molar-refractivity contribution >= 4 is 11.6 Å². The molecule has 0 aliphatic carbocycles. The molecule has 4 heteroatoms. The van der Waals surface area contributed by atoms with E-state index in [-0.39, 0.29) is 5.91 Å². The average Bonchev–Trinajstić information content (AvgIpc) is 2.38. The first kappa shape index (κ1) is 13.5. The van der Waals surface area contributed by atoms with E-state index in [1.165, 1.54) is 0 Å². The number of anilines is 1. The SMILES string of the molecule is CCONC(=O)c1ccc(N(CC)CC)cc1. The van der Waals surface area contributed by atoms with Gasteiger partial charge in [-0.25, -0.2) is 5.48 Å². The zero-order valence-electron chi connectivity index (χ0n) is 10.7. The summed E-state index contributed by atoms with van der Waals surface area (Å²) in [7, 11) is 0. The van der Waals surface area contributed by atoms with Gasteiger partial charge in [0, 0.05) is 24.3 Å². The Morgan fingerprint density at radius 3 is 2.24 bits per heavy atom. The molecule has 0 atom stereocenters. The predicted octanol–water partition coefficient (Wildman–Crippen LogP) is 2.21. The van der Waals surface area contributed by atoms with Crippen LogP contribution in [0.2, 0.25) is 0 Å². The lowest BCUT2D eigenvalue weighted by Crippen LogP contribution is -2.24. The Kier molecular flexibility index (Phi) is 5.49. The summed E-state index contributed by atoms with van der Waals surface area (Å²) in [5.41, 5.74) is 4.11. The number of amides is 1. The van der Waals surface area contributed by atoms with Crippen LogP contribution in [0.1, 0.15) is 31.1 Å². The zero-order valence-corrected chi connectivity index (χ0v) is 10.7. The van der Waals surface area contributed by atoms with E-state index in [2.05, 4.69) is 24.2 Å². The average molecular weight is 236 g/mol. The molecule has 4 nitrogen and oxygen atoms in total. The normalized spacial score (nSPS) is 10.1. The second-order valence-electron chi connectivity index (χ2n) is 3.58. The highest BCUT2D eigenvalue weighted by Gasteiger charge is 2.06. The van der Waals surface area contributed by atoms with Crippen LogP contribution in [0.5, 0.6) is 0 Å². The molecule has 1 rings (SSSR count). The fourth-order valence-corrected chi connectivity index (χ4v) is 1.61. The molecule has 0 spiro atoms. The molecule has 0 bridgehead atoms. The summed E-state index contributed by atoms with van der Waals surface area (Å²) in [4.78, 5) is 18.7. The van der Waals surface area contributed by atoms with E-state index in [0.717, 1.165) is 18.8 Å². The first-order chi connectivity index (χ1) is 8.22. The maximum atomic E-state index is 11.6. The molecule has 17 heavy (non-hydrogen) atoms. The number of benzene rings is 1. The van der Waals surface area contributed by atoms with Gasteiger partial charge in [-0.1, -0.05) is 0 Å². The van der Waals surface area contributed by atoms with Crippen LogP contribution in [-0.4, -0.2) is 25.6 Å². The third kappa shape index (κ3) is 3.75. The summed E-state index contributed by atoms with van der Waals surface area (Å²) < 4.78 is 0. The van der Waals surface area contributed by atoms with E-state index in [0.29, 0.717) is 12.2 Å². The van der Waals surface area contributed by atoms with Gasteiger partial charge in [-0.15, -0.1) is 0 Å². The number of nitrogens with one attached hydrogen (secondary N) is 1. The van der Waals surface area contributed by atoms with E-state index < -0.39 is 0 Å². The highest BCUT2D eigenvalue weighted by molar-refractivity contribution is 5.93. The van der Waals surface area contributed by atoms with Gasteiger partial charge in [0.2, 0.25) is 0 Å². The molecule has 0 radical (unpaired) electrons. The van der Waals surface area contributed by atoms with Gasteiger partial charge in [-0.2, -0.15) is 0 Å². The Morgan fingerprint density at radius 2 is 1.76 bits per heavy atom. The molecular formula is C13H20N2O2. The summed E-state index contributed by atoms with van der Waals surface area (Å²) in [5.74, 6) is -0.210. The Hall–Kier alpha value is -1.55. The smallest absolute Gasteiger partial charge is 0.274 e. The molecule has 0 aliphatic heterocycles. The van der Waals surface area contributed by atoms with E-state index >= 15 is 0 Å². The summed E-state index contributed by atoms with van der Waals surface area (Å²) in [5, 5.41) is 0. The fourth-order valence-electron chi connectivity index (χ4n) is 1.61. The lowest BCUT2D eigenvalue weighted by molar-refractivity contribution is 0.0364. The Balaban J connectivity index is 2.70. The topological polar surface area (TPSA) is 41.6 Å². The second kappa shape index (κ2) is 6.91. The van der Waals surface area contributed by atoms with Gasteiger partial charge in [0.1, 0.15) is 0 Å². The van der Waals surface area contributed by atoms with Crippen LogP contribution in [0.15, 0.2) is 24.3 Å². The number of carbonyl (C=O) groups excluding carboxylic acids is 1. The zero-order chi connectivity index (χ0) is 12.7. The fraction of sp³-hybridized carbons (Fsp3) is 0.462. The van der Waals surface area contributed by atoms with Crippen molar-refractivity contribution in [2.45, 2.75) is 20.8 Å². The van der Waals surface area contributed by atoms with Gasteiger partial charge in [0.05, 0.1) is 6.61 Å². The highest BCUT2D eigenvalue weighted by Crippen LogP contribution is 2.14. The molecule has 0 saturated carbocycles. The van der Waals surface area contributed by atoms with Gasteiger partial charge in [0.25, 0.3) is 5.91 Å². The van der Waals surface area contributed by atoms with Crippen molar-refractivity contribution in [2.75, 3.05) is 24.6 Å². The number of rotatable bonds is 6. The molecule has 1 N–H and O–H groups in total. The first-order valence-corrected chi connectivity index (χ1v) is 6.00. The number of carbonyl (C=O) groups is 1. The summed E-state index contributed by atoms with van der Waals surface area (Å²) >= 11 is 0. The summed E-state index contributed by atoms with van der Waals surface area (Å²) in [6, 6.07) is 7.52. The van der Waals surface area contributed by atoms with Crippen molar-refractivity contribution in [3.05, 3.63) is 29.8 Å². The lowest BCUT2D eigenvalue weighted by Gasteiger charge is -2.20. The van der Waals surface area contributed by atoms with Crippen LogP contribution >= 0.6 is 0 Å². The van der Waals surface area contributed by atoms with Crippen LogP contribution in [0.25, 0.3) is 0 Å². The van der Waals surface area contributed by atoms with Crippen LogP contribution in [0, 0.1) is 0 Å². The maximum Gasteiger partial charge on any atom is 0.274 e. The molecule has 0 fully saturated rings. The lowest BCUT2D eigenvalue weighted by atomic mass is 10.2. The third-order valence-electron chi connectivity index (χ3n) is 2.57. The van der Waals surface area contributed by atoms with Crippen molar-refractivity contribution in [1.29, 1.82) is 0 Å². The predicted molar refractivity (Wildman–Crippen MR) is 69.1 cm³/mol. The molecule has 0 aromatic heterocycles. The van der Waals surface area contributed by atoms with Gasteiger partial charge in [-0.3, -0.25) is 9.63 Å². The minimum atomic E-state index is -0.210. The van der Waals surface area contributed by atoms with Crippen molar-refractivity contribution < 1.29 is 9.63 Å². The van der Waals surface area contributed by atoms with E-state index in [1.54, 1.807) is 0 Å². The number of hydroxylamine groups is 1. The monoisotopic (exact) mass is 236 g/mol. The van der Waals surface area contributed by atoms with Crippen LogP contribution in [0.3, 0.4) is 0 Å². The van der Waals surface area contributed by atoms with E-state index in [9.17, 15) is 4.79 Å². The molecular weight excluding hydrogens is 216 g/mol. The van der Waals surface area contributed by atoms with Crippen molar-refractivity contribution in [3.63, 3.8) is 0 Å². The maximum absolute atomic E-state index is 11.6. The Morgan fingerprint density at radius 1 is 1.18 bits per heavy atom. The molecule has 94 valence electrons. The number of nitrogens with zero attached hydrogens (tertiary/aromatic N) is 1. The van der Waals surface area contributed by atoms with E-state index in [1.807, 2.05) is 31.2 Å². The van der Waals surface area contributed by atoms with Gasteiger partial charge in [0.15, 0.2) is 0 Å². The van der Waals surface area contributed by atoms with E-state index in [4.69, 9.17) is 4.84 Å². The van der Waals surface area contributed by atoms with Crippen molar-refractivity contribution in [1.82, 2.24) is 5.48 Å². The third-order valence-corrected chi connectivity index (χ3v) is 2.57. The van der Waals surface area contributed by atoms with Crippen molar-refractivity contribution in [2.24, 2.45) is 0 Å². The molecule has 1 aromatic rings. The van der Waals surface area contributed by atoms with Gasteiger partial charge >= 0.3 is 0 Å². The minimum Gasteiger partial charge on any atom is -0.372 e. The van der Waals surface area contributed by atoms with Crippen molar-refractivity contribution in [3.8, 4) is 0 Å². The molecule has 0 aliphatic rings. The molecule has 0 unspecified atom stereocenters. The molecule has 1 aromatic carbocycles. The van der Waals surface area contributed by atoms with Gasteiger partial charge < -0.3 is 4.90 Å². The quantitative estimate of drug-likeness (QED) is 0.770. The Labute approximate surface area is 103 Å². The minimum absolute atomic E-state index is 0.210. The first-order valence-electron chi connectivity index (χ1n) is 6.00. The summed E-state index contributed by atoms with van der Waals surface area (Å²) in [6.45, 7) is 8.42. The summed E-state index contributed by atoms with van der Waals surface area (Å²) in [6.07, 6.45) is 0. The molecule has 0 saturated heterocycles.